The summed E-state index contributed by atoms with van der Waals surface area (Å²) in [6, 6.07) is 10.3. The maximum absolute atomic E-state index is 12.6. The van der Waals surface area contributed by atoms with Crippen molar-refractivity contribution < 1.29 is 9.90 Å². The number of hydrogen-bond donors (Lipinski definition) is 1. The summed E-state index contributed by atoms with van der Waals surface area (Å²) in [5, 5.41) is 9.09. The second-order valence-corrected chi connectivity index (χ2v) is 4.86. The Morgan fingerprint density at radius 3 is 2.56 bits per heavy atom. The number of aliphatic hydroxyl groups excluding tert-OH is 1. The average molecular weight is 247 g/mol. The summed E-state index contributed by atoms with van der Waals surface area (Å²) < 4.78 is 0. The lowest BCUT2D eigenvalue weighted by Crippen LogP contribution is -2.38. The summed E-state index contributed by atoms with van der Waals surface area (Å²) in [6.07, 6.45) is 2.96. The molecule has 1 aromatic carbocycles. The molecule has 0 radical (unpaired) electrons. The Morgan fingerprint density at radius 1 is 1.39 bits per heavy atom. The predicted molar refractivity (Wildman–Crippen MR) is 71.3 cm³/mol. The molecule has 0 spiro atoms. The SMILES string of the molecule is CCC(C(=O)N(CCO)C1CC1)c1ccccc1. The minimum atomic E-state index is -0.0710. The second kappa shape index (κ2) is 6.01. The number of hydrogen-bond acceptors (Lipinski definition) is 2. The topological polar surface area (TPSA) is 40.5 Å². The van der Waals surface area contributed by atoms with E-state index in [1.807, 2.05) is 42.2 Å². The van der Waals surface area contributed by atoms with E-state index in [0.29, 0.717) is 12.6 Å². The van der Waals surface area contributed by atoms with Crippen LogP contribution in [0, 0.1) is 0 Å². The van der Waals surface area contributed by atoms with Crippen LogP contribution in [0.1, 0.15) is 37.7 Å². The van der Waals surface area contributed by atoms with Crippen LogP contribution in [-0.2, 0) is 4.79 Å². The number of carbonyl (C=O) groups is 1. The summed E-state index contributed by atoms with van der Waals surface area (Å²) in [4.78, 5) is 14.4. The first-order chi connectivity index (χ1) is 8.77. The third kappa shape index (κ3) is 2.91. The van der Waals surface area contributed by atoms with E-state index in [1.54, 1.807) is 0 Å². The van der Waals surface area contributed by atoms with Gasteiger partial charge in [0.15, 0.2) is 0 Å². The van der Waals surface area contributed by atoms with Crippen LogP contribution in [0.4, 0.5) is 0 Å². The molecule has 18 heavy (non-hydrogen) atoms. The Bertz CT molecular complexity index is 387. The molecule has 0 heterocycles. The minimum Gasteiger partial charge on any atom is -0.395 e. The van der Waals surface area contributed by atoms with Crippen LogP contribution in [0.3, 0.4) is 0 Å². The molecule has 1 fully saturated rings. The van der Waals surface area contributed by atoms with Crippen LogP contribution in [0.2, 0.25) is 0 Å². The van der Waals surface area contributed by atoms with E-state index in [2.05, 4.69) is 0 Å². The molecule has 2 rings (SSSR count). The van der Waals surface area contributed by atoms with E-state index in [9.17, 15) is 4.79 Å². The standard InChI is InChI=1S/C15H21NO2/c1-2-14(12-6-4-3-5-7-12)15(18)16(10-11-17)13-8-9-13/h3-7,13-14,17H,2,8-11H2,1H3. The fourth-order valence-corrected chi connectivity index (χ4v) is 2.41. The summed E-state index contributed by atoms with van der Waals surface area (Å²) in [5.74, 6) is 0.0959. The minimum absolute atomic E-state index is 0.0491. The summed E-state index contributed by atoms with van der Waals surface area (Å²) in [6.45, 7) is 2.56. The van der Waals surface area contributed by atoms with Gasteiger partial charge in [0.25, 0.3) is 0 Å². The highest BCUT2D eigenvalue weighted by atomic mass is 16.3. The van der Waals surface area contributed by atoms with Crippen molar-refractivity contribution in [3.8, 4) is 0 Å². The number of benzene rings is 1. The highest BCUT2D eigenvalue weighted by Gasteiger charge is 2.35. The van der Waals surface area contributed by atoms with Gasteiger partial charge < -0.3 is 10.0 Å². The monoisotopic (exact) mass is 247 g/mol. The largest absolute Gasteiger partial charge is 0.395 e. The van der Waals surface area contributed by atoms with Crippen molar-refractivity contribution in [2.45, 2.75) is 38.1 Å². The molecule has 1 unspecified atom stereocenters. The van der Waals surface area contributed by atoms with Crippen molar-refractivity contribution in [1.82, 2.24) is 4.90 Å². The van der Waals surface area contributed by atoms with Gasteiger partial charge in [0, 0.05) is 12.6 Å². The summed E-state index contributed by atoms with van der Waals surface area (Å²) in [5.41, 5.74) is 1.08. The molecule has 1 aliphatic rings. The number of amides is 1. The van der Waals surface area contributed by atoms with Crippen molar-refractivity contribution in [1.29, 1.82) is 0 Å². The third-order valence-corrected chi connectivity index (χ3v) is 3.52. The van der Waals surface area contributed by atoms with Crippen LogP contribution in [0.25, 0.3) is 0 Å². The molecule has 1 aliphatic carbocycles. The van der Waals surface area contributed by atoms with E-state index in [0.717, 1.165) is 24.8 Å². The fraction of sp³-hybridized carbons (Fsp3) is 0.533. The van der Waals surface area contributed by atoms with Crippen LogP contribution < -0.4 is 0 Å². The van der Waals surface area contributed by atoms with Gasteiger partial charge in [-0.2, -0.15) is 0 Å². The molecular formula is C15H21NO2. The maximum Gasteiger partial charge on any atom is 0.230 e. The van der Waals surface area contributed by atoms with Gasteiger partial charge in [-0.3, -0.25) is 4.79 Å². The Labute approximate surface area is 108 Å². The van der Waals surface area contributed by atoms with Gasteiger partial charge in [0.2, 0.25) is 5.91 Å². The number of carbonyl (C=O) groups excluding carboxylic acids is 1. The van der Waals surface area contributed by atoms with Gasteiger partial charge in [0.1, 0.15) is 0 Å². The molecule has 1 aromatic rings. The van der Waals surface area contributed by atoms with Gasteiger partial charge >= 0.3 is 0 Å². The van der Waals surface area contributed by atoms with Gasteiger partial charge in [-0.05, 0) is 24.8 Å². The highest BCUT2D eigenvalue weighted by Crippen LogP contribution is 2.31. The van der Waals surface area contributed by atoms with Crippen molar-refractivity contribution in [3.63, 3.8) is 0 Å². The lowest BCUT2D eigenvalue weighted by Gasteiger charge is -2.26. The van der Waals surface area contributed by atoms with E-state index in [1.165, 1.54) is 0 Å². The smallest absolute Gasteiger partial charge is 0.230 e. The Hall–Kier alpha value is -1.35. The van der Waals surface area contributed by atoms with E-state index < -0.39 is 0 Å². The molecule has 1 amide bonds. The van der Waals surface area contributed by atoms with Crippen molar-refractivity contribution >= 4 is 5.91 Å². The zero-order chi connectivity index (χ0) is 13.0. The molecule has 0 aliphatic heterocycles. The fourth-order valence-electron chi connectivity index (χ4n) is 2.41. The number of nitrogens with zero attached hydrogens (tertiary/aromatic N) is 1. The molecule has 0 bridgehead atoms. The quantitative estimate of drug-likeness (QED) is 0.837. The third-order valence-electron chi connectivity index (χ3n) is 3.52. The van der Waals surface area contributed by atoms with Crippen LogP contribution in [0.5, 0.6) is 0 Å². The molecule has 98 valence electrons. The predicted octanol–water partition coefficient (Wildman–Crippen LogP) is 2.16. The Balaban J connectivity index is 2.13. The van der Waals surface area contributed by atoms with Gasteiger partial charge in [-0.15, -0.1) is 0 Å². The molecule has 0 aromatic heterocycles. The molecule has 0 saturated heterocycles. The molecule has 1 saturated carbocycles. The molecule has 3 heteroatoms. The van der Waals surface area contributed by atoms with Gasteiger partial charge in [-0.25, -0.2) is 0 Å². The van der Waals surface area contributed by atoms with E-state index in [4.69, 9.17) is 5.11 Å². The Morgan fingerprint density at radius 2 is 2.06 bits per heavy atom. The summed E-state index contributed by atoms with van der Waals surface area (Å²) >= 11 is 0. The zero-order valence-corrected chi connectivity index (χ0v) is 10.9. The average Bonchev–Trinajstić information content (AvgIpc) is 3.22. The van der Waals surface area contributed by atoms with Gasteiger partial charge in [-0.1, -0.05) is 37.3 Å². The first-order valence-corrected chi connectivity index (χ1v) is 6.74. The maximum atomic E-state index is 12.6. The second-order valence-electron chi connectivity index (χ2n) is 4.86. The zero-order valence-electron chi connectivity index (χ0n) is 10.9. The number of aliphatic hydroxyl groups is 1. The van der Waals surface area contributed by atoms with E-state index >= 15 is 0 Å². The summed E-state index contributed by atoms with van der Waals surface area (Å²) in [7, 11) is 0. The van der Waals surface area contributed by atoms with Gasteiger partial charge in [0.05, 0.1) is 12.5 Å². The van der Waals surface area contributed by atoms with Crippen molar-refractivity contribution in [2.24, 2.45) is 0 Å². The van der Waals surface area contributed by atoms with Crippen molar-refractivity contribution in [3.05, 3.63) is 35.9 Å². The normalized spacial score (nSPS) is 16.3. The molecule has 1 atom stereocenters. The van der Waals surface area contributed by atoms with Crippen LogP contribution >= 0.6 is 0 Å². The highest BCUT2D eigenvalue weighted by molar-refractivity contribution is 5.84. The van der Waals surface area contributed by atoms with Crippen molar-refractivity contribution in [2.75, 3.05) is 13.2 Å². The lowest BCUT2D eigenvalue weighted by molar-refractivity contribution is -0.134. The molecule has 1 N–H and O–H groups in total. The van der Waals surface area contributed by atoms with Crippen LogP contribution in [0.15, 0.2) is 30.3 Å². The first-order valence-electron chi connectivity index (χ1n) is 6.74. The molecule has 3 nitrogen and oxygen atoms in total. The molecular weight excluding hydrogens is 226 g/mol. The lowest BCUT2D eigenvalue weighted by atomic mass is 9.95. The Kier molecular flexibility index (Phi) is 4.37. The first kappa shape index (κ1) is 13.1. The van der Waals surface area contributed by atoms with E-state index in [-0.39, 0.29) is 18.4 Å². The number of rotatable bonds is 6. The van der Waals surface area contributed by atoms with Crippen LogP contribution in [-0.4, -0.2) is 35.1 Å².